The van der Waals surface area contributed by atoms with Crippen molar-refractivity contribution in [1.82, 2.24) is 0 Å². The Balaban J connectivity index is 1.89. The molecule has 0 heterocycles. The number of benzene rings is 2. The molecule has 0 aliphatic carbocycles. The highest BCUT2D eigenvalue weighted by molar-refractivity contribution is 5.29. The first-order valence-electron chi connectivity index (χ1n) is 6.92. The van der Waals surface area contributed by atoms with Crippen LogP contribution in [-0.2, 0) is 12.8 Å². The van der Waals surface area contributed by atoms with Gasteiger partial charge in [0.05, 0.1) is 6.10 Å². The highest BCUT2D eigenvalue weighted by Gasteiger charge is 2.07. The molecule has 1 nitrogen and oxygen atoms in total. The van der Waals surface area contributed by atoms with E-state index in [4.69, 9.17) is 0 Å². The molecule has 100 valence electrons. The SMILES string of the molecule is Cc1cc(C)cc(CC(O)CCc2ccccc2)c1. The van der Waals surface area contributed by atoms with Gasteiger partial charge in [-0.1, -0.05) is 59.7 Å². The zero-order chi connectivity index (χ0) is 13.7. The molecule has 1 atom stereocenters. The van der Waals surface area contributed by atoms with Crippen LogP contribution in [0.25, 0.3) is 0 Å². The van der Waals surface area contributed by atoms with E-state index in [1.807, 2.05) is 18.2 Å². The molecule has 0 spiro atoms. The van der Waals surface area contributed by atoms with Crippen molar-refractivity contribution in [3.63, 3.8) is 0 Å². The van der Waals surface area contributed by atoms with Gasteiger partial charge in [-0.25, -0.2) is 0 Å². The lowest BCUT2D eigenvalue weighted by molar-refractivity contribution is 0.165. The summed E-state index contributed by atoms with van der Waals surface area (Å²) in [6.07, 6.45) is 2.24. The second-order valence-electron chi connectivity index (χ2n) is 5.38. The third-order valence-corrected chi connectivity index (χ3v) is 3.36. The first-order valence-corrected chi connectivity index (χ1v) is 6.92. The Morgan fingerprint density at radius 3 is 2.16 bits per heavy atom. The molecular formula is C18H22O. The molecule has 0 aromatic heterocycles. The van der Waals surface area contributed by atoms with Crippen molar-refractivity contribution in [2.45, 2.75) is 39.2 Å². The monoisotopic (exact) mass is 254 g/mol. The van der Waals surface area contributed by atoms with Crippen molar-refractivity contribution in [2.75, 3.05) is 0 Å². The largest absolute Gasteiger partial charge is 0.393 e. The molecule has 0 saturated heterocycles. The summed E-state index contributed by atoms with van der Waals surface area (Å²) in [5, 5.41) is 10.1. The fraction of sp³-hybridized carbons (Fsp3) is 0.333. The highest BCUT2D eigenvalue weighted by Crippen LogP contribution is 2.13. The van der Waals surface area contributed by atoms with Gasteiger partial charge in [-0.2, -0.15) is 0 Å². The summed E-state index contributed by atoms with van der Waals surface area (Å²) < 4.78 is 0. The van der Waals surface area contributed by atoms with Crippen LogP contribution in [0.4, 0.5) is 0 Å². The van der Waals surface area contributed by atoms with Crippen LogP contribution in [0, 0.1) is 13.8 Å². The van der Waals surface area contributed by atoms with Crippen LogP contribution in [0.3, 0.4) is 0 Å². The Labute approximate surface area is 115 Å². The van der Waals surface area contributed by atoms with Crippen LogP contribution in [0.15, 0.2) is 48.5 Å². The van der Waals surface area contributed by atoms with Gasteiger partial charge in [0.2, 0.25) is 0 Å². The van der Waals surface area contributed by atoms with Crippen LogP contribution in [0.1, 0.15) is 28.7 Å². The quantitative estimate of drug-likeness (QED) is 0.859. The zero-order valence-corrected chi connectivity index (χ0v) is 11.8. The molecule has 0 bridgehead atoms. The average molecular weight is 254 g/mol. The first-order chi connectivity index (χ1) is 9.13. The van der Waals surface area contributed by atoms with Gasteiger partial charge < -0.3 is 5.11 Å². The summed E-state index contributed by atoms with van der Waals surface area (Å²) in [7, 11) is 0. The molecule has 1 N–H and O–H groups in total. The third kappa shape index (κ3) is 4.53. The van der Waals surface area contributed by atoms with E-state index in [0.29, 0.717) is 0 Å². The van der Waals surface area contributed by atoms with Crippen molar-refractivity contribution >= 4 is 0 Å². The van der Waals surface area contributed by atoms with Crippen molar-refractivity contribution in [3.05, 3.63) is 70.8 Å². The average Bonchev–Trinajstić information content (AvgIpc) is 2.36. The summed E-state index contributed by atoms with van der Waals surface area (Å²) >= 11 is 0. The Morgan fingerprint density at radius 1 is 0.895 bits per heavy atom. The van der Waals surface area contributed by atoms with Gasteiger partial charge in [-0.05, 0) is 44.2 Å². The van der Waals surface area contributed by atoms with Gasteiger partial charge >= 0.3 is 0 Å². The minimum absolute atomic E-state index is 0.263. The van der Waals surface area contributed by atoms with Crippen molar-refractivity contribution in [1.29, 1.82) is 0 Å². The van der Waals surface area contributed by atoms with Gasteiger partial charge in [0.25, 0.3) is 0 Å². The van der Waals surface area contributed by atoms with E-state index in [2.05, 4.69) is 44.2 Å². The maximum absolute atomic E-state index is 10.1. The number of aryl methyl sites for hydroxylation is 3. The molecule has 2 aromatic rings. The van der Waals surface area contributed by atoms with Gasteiger partial charge in [0.15, 0.2) is 0 Å². The maximum atomic E-state index is 10.1. The standard InChI is InChI=1S/C18H22O/c1-14-10-15(2)12-17(11-14)13-18(19)9-8-16-6-4-3-5-7-16/h3-7,10-12,18-19H,8-9,13H2,1-2H3. The minimum Gasteiger partial charge on any atom is -0.393 e. The molecule has 1 heteroatoms. The molecule has 0 amide bonds. The summed E-state index contributed by atoms with van der Waals surface area (Å²) in [6.45, 7) is 4.21. The summed E-state index contributed by atoms with van der Waals surface area (Å²) in [4.78, 5) is 0. The number of hydrogen-bond donors (Lipinski definition) is 1. The normalized spacial score (nSPS) is 12.4. The molecular weight excluding hydrogens is 232 g/mol. The molecule has 2 aromatic carbocycles. The second-order valence-corrected chi connectivity index (χ2v) is 5.38. The Hall–Kier alpha value is -1.60. The summed E-state index contributed by atoms with van der Waals surface area (Å²) in [5.74, 6) is 0. The molecule has 19 heavy (non-hydrogen) atoms. The van der Waals surface area contributed by atoms with Crippen LogP contribution in [-0.4, -0.2) is 11.2 Å². The molecule has 1 unspecified atom stereocenters. The van der Waals surface area contributed by atoms with Crippen LogP contribution < -0.4 is 0 Å². The number of rotatable bonds is 5. The highest BCUT2D eigenvalue weighted by atomic mass is 16.3. The number of hydrogen-bond acceptors (Lipinski definition) is 1. The van der Waals surface area contributed by atoms with Crippen molar-refractivity contribution < 1.29 is 5.11 Å². The van der Waals surface area contributed by atoms with Crippen molar-refractivity contribution in [3.8, 4) is 0 Å². The van der Waals surface area contributed by atoms with E-state index < -0.39 is 0 Å². The minimum atomic E-state index is -0.263. The predicted octanol–water partition coefficient (Wildman–Crippen LogP) is 3.84. The summed E-state index contributed by atoms with van der Waals surface area (Å²) in [6, 6.07) is 16.8. The second kappa shape index (κ2) is 6.53. The molecule has 0 aliphatic heterocycles. The Kier molecular flexibility index (Phi) is 4.75. The smallest absolute Gasteiger partial charge is 0.0583 e. The molecule has 0 aliphatic rings. The van der Waals surface area contributed by atoms with Crippen LogP contribution in [0.2, 0.25) is 0 Å². The molecule has 0 radical (unpaired) electrons. The summed E-state index contributed by atoms with van der Waals surface area (Å²) in [5.41, 5.74) is 5.07. The van der Waals surface area contributed by atoms with E-state index in [1.165, 1.54) is 22.3 Å². The topological polar surface area (TPSA) is 20.2 Å². The predicted molar refractivity (Wildman–Crippen MR) is 80.4 cm³/mol. The van der Waals surface area contributed by atoms with Gasteiger partial charge in [-0.15, -0.1) is 0 Å². The van der Waals surface area contributed by atoms with E-state index >= 15 is 0 Å². The number of aliphatic hydroxyl groups is 1. The number of aliphatic hydroxyl groups excluding tert-OH is 1. The van der Waals surface area contributed by atoms with E-state index in [-0.39, 0.29) is 6.10 Å². The van der Waals surface area contributed by atoms with Crippen molar-refractivity contribution in [2.24, 2.45) is 0 Å². The van der Waals surface area contributed by atoms with Crippen LogP contribution >= 0.6 is 0 Å². The van der Waals surface area contributed by atoms with Gasteiger partial charge in [0, 0.05) is 0 Å². The first kappa shape index (κ1) is 13.8. The zero-order valence-electron chi connectivity index (χ0n) is 11.8. The lowest BCUT2D eigenvalue weighted by Crippen LogP contribution is -2.11. The Bertz CT molecular complexity index is 496. The lowest BCUT2D eigenvalue weighted by Gasteiger charge is -2.12. The fourth-order valence-corrected chi connectivity index (χ4v) is 2.54. The van der Waals surface area contributed by atoms with Crippen LogP contribution in [0.5, 0.6) is 0 Å². The maximum Gasteiger partial charge on any atom is 0.0583 e. The molecule has 0 saturated carbocycles. The lowest BCUT2D eigenvalue weighted by atomic mass is 9.99. The molecule has 0 fully saturated rings. The van der Waals surface area contributed by atoms with E-state index in [1.54, 1.807) is 0 Å². The van der Waals surface area contributed by atoms with E-state index in [9.17, 15) is 5.11 Å². The Morgan fingerprint density at radius 2 is 1.53 bits per heavy atom. The van der Waals surface area contributed by atoms with Gasteiger partial charge in [-0.3, -0.25) is 0 Å². The van der Waals surface area contributed by atoms with E-state index in [0.717, 1.165) is 19.3 Å². The molecule has 2 rings (SSSR count). The third-order valence-electron chi connectivity index (χ3n) is 3.36. The fourth-order valence-electron chi connectivity index (χ4n) is 2.54. The van der Waals surface area contributed by atoms with Gasteiger partial charge in [0.1, 0.15) is 0 Å².